The lowest BCUT2D eigenvalue weighted by molar-refractivity contribution is 0.0378. The van der Waals surface area contributed by atoms with Gasteiger partial charge in [0.15, 0.2) is 0 Å². The van der Waals surface area contributed by atoms with Gasteiger partial charge in [0.05, 0.1) is 54.8 Å². The maximum absolute atomic E-state index is 9.65. The first-order valence-corrected chi connectivity index (χ1v) is 11.3. The number of anilines is 1. The number of benzene rings is 2. The molecule has 168 valence electrons. The fraction of sp³-hybridized carbons (Fsp3) is 0.417. The third-order valence-corrected chi connectivity index (χ3v) is 6.20. The molecule has 0 aliphatic carbocycles. The van der Waals surface area contributed by atoms with Gasteiger partial charge in [-0.05, 0) is 42.3 Å². The number of aryl methyl sites for hydroxylation is 1. The number of aliphatic hydroxyl groups excluding tert-OH is 1. The normalized spacial score (nSPS) is 15.1. The van der Waals surface area contributed by atoms with Gasteiger partial charge in [-0.25, -0.2) is 9.97 Å². The van der Waals surface area contributed by atoms with Crippen molar-refractivity contribution in [1.29, 1.82) is 0 Å². The zero-order valence-corrected chi connectivity index (χ0v) is 18.5. The van der Waals surface area contributed by atoms with Gasteiger partial charge in [-0.1, -0.05) is 18.2 Å². The topological polar surface area (TPSA) is 80.4 Å². The summed E-state index contributed by atoms with van der Waals surface area (Å²) in [6.45, 7) is 6.25. The molecule has 4 aromatic rings. The molecule has 2 aromatic carbocycles. The number of aliphatic hydroxyl groups is 1. The van der Waals surface area contributed by atoms with E-state index in [2.05, 4.69) is 38.0 Å². The molecule has 8 heteroatoms. The average Bonchev–Trinajstić information content (AvgIpc) is 3.38. The summed E-state index contributed by atoms with van der Waals surface area (Å²) >= 11 is 0. The Labute approximate surface area is 187 Å². The van der Waals surface area contributed by atoms with Crippen LogP contribution in [-0.2, 0) is 24.9 Å². The van der Waals surface area contributed by atoms with Gasteiger partial charge in [0.25, 0.3) is 0 Å². The van der Waals surface area contributed by atoms with Crippen molar-refractivity contribution >= 4 is 28.0 Å². The molecule has 0 atom stereocenters. The van der Waals surface area contributed by atoms with E-state index in [9.17, 15) is 5.11 Å². The first-order chi connectivity index (χ1) is 15.7. The molecule has 5 rings (SSSR count). The number of ether oxygens (including phenoxy) is 1. The van der Waals surface area contributed by atoms with E-state index in [4.69, 9.17) is 9.72 Å². The quantitative estimate of drug-likeness (QED) is 0.415. The van der Waals surface area contributed by atoms with Crippen LogP contribution in [0.5, 0.6) is 0 Å². The van der Waals surface area contributed by atoms with Gasteiger partial charge >= 0.3 is 0 Å². The highest BCUT2D eigenvalue weighted by atomic mass is 16.5. The summed E-state index contributed by atoms with van der Waals surface area (Å²) in [5.74, 6) is 0.852. The molecular formula is C24H30N6O2. The molecule has 0 amide bonds. The highest BCUT2D eigenvalue weighted by Crippen LogP contribution is 2.25. The molecule has 0 radical (unpaired) electrons. The number of para-hydroxylation sites is 1. The molecule has 0 unspecified atom stereocenters. The van der Waals surface area contributed by atoms with Crippen LogP contribution in [0.15, 0.2) is 42.7 Å². The van der Waals surface area contributed by atoms with Gasteiger partial charge in [0, 0.05) is 26.7 Å². The Morgan fingerprint density at radius 1 is 1.12 bits per heavy atom. The van der Waals surface area contributed by atoms with Crippen LogP contribution in [0.4, 0.5) is 5.95 Å². The van der Waals surface area contributed by atoms with Crippen LogP contribution in [0.2, 0.25) is 0 Å². The van der Waals surface area contributed by atoms with Crippen LogP contribution >= 0.6 is 0 Å². The van der Waals surface area contributed by atoms with Crippen molar-refractivity contribution in [2.75, 3.05) is 44.7 Å². The van der Waals surface area contributed by atoms with Crippen LogP contribution in [-0.4, -0.2) is 68.5 Å². The van der Waals surface area contributed by atoms with E-state index in [1.54, 1.807) is 0 Å². The Balaban J connectivity index is 1.41. The smallest absolute Gasteiger partial charge is 0.204 e. The van der Waals surface area contributed by atoms with Crippen molar-refractivity contribution < 1.29 is 9.84 Å². The molecule has 0 saturated carbocycles. The monoisotopic (exact) mass is 434 g/mol. The van der Waals surface area contributed by atoms with E-state index in [1.807, 2.05) is 36.1 Å². The third-order valence-electron chi connectivity index (χ3n) is 6.20. The molecule has 1 aliphatic heterocycles. The molecule has 2 aromatic heterocycles. The Kier molecular flexibility index (Phi) is 6.07. The standard InChI is InChI=1S/C24H30N6O2/c1-28-17-26-23-19(4-2-5-21(23)28)15-30-22-14-18(16-31)6-7-20(22)27-24(30)25-8-3-9-29-10-12-32-13-11-29/h2,4-7,14,17,31H,3,8-13,15-16H2,1H3,(H,25,27). The second-order valence-corrected chi connectivity index (χ2v) is 8.38. The predicted octanol–water partition coefficient (Wildman–Crippen LogP) is 2.60. The summed E-state index contributed by atoms with van der Waals surface area (Å²) in [6, 6.07) is 12.2. The van der Waals surface area contributed by atoms with Crippen LogP contribution < -0.4 is 5.32 Å². The lowest BCUT2D eigenvalue weighted by Gasteiger charge is -2.26. The number of hydrogen-bond acceptors (Lipinski definition) is 6. The van der Waals surface area contributed by atoms with Crippen molar-refractivity contribution in [2.24, 2.45) is 7.05 Å². The first-order valence-electron chi connectivity index (χ1n) is 11.3. The van der Waals surface area contributed by atoms with Crippen molar-refractivity contribution in [2.45, 2.75) is 19.6 Å². The largest absolute Gasteiger partial charge is 0.392 e. The van der Waals surface area contributed by atoms with Gasteiger partial charge < -0.3 is 24.3 Å². The molecule has 8 nitrogen and oxygen atoms in total. The number of nitrogens with one attached hydrogen (secondary N) is 1. The Morgan fingerprint density at radius 2 is 2.00 bits per heavy atom. The minimum Gasteiger partial charge on any atom is -0.392 e. The van der Waals surface area contributed by atoms with Crippen LogP contribution in [0.1, 0.15) is 17.5 Å². The summed E-state index contributed by atoms with van der Waals surface area (Å²) in [5.41, 5.74) is 6.09. The SMILES string of the molecule is Cn1cnc2c(Cn3c(NCCCN4CCOCC4)nc4ccc(CO)cc43)cccc21. The Bertz CT molecular complexity index is 1210. The number of rotatable bonds is 8. The number of nitrogens with zero attached hydrogens (tertiary/aromatic N) is 5. The van der Waals surface area contributed by atoms with E-state index in [-0.39, 0.29) is 6.61 Å². The molecule has 2 N–H and O–H groups in total. The number of imidazole rings is 2. The zero-order chi connectivity index (χ0) is 21.9. The van der Waals surface area contributed by atoms with Gasteiger partial charge in [-0.2, -0.15) is 0 Å². The third kappa shape index (κ3) is 4.21. The minimum atomic E-state index is 0.0131. The zero-order valence-electron chi connectivity index (χ0n) is 18.5. The summed E-state index contributed by atoms with van der Waals surface area (Å²) < 4.78 is 9.68. The highest BCUT2D eigenvalue weighted by Gasteiger charge is 2.15. The van der Waals surface area contributed by atoms with Gasteiger partial charge in [-0.15, -0.1) is 0 Å². The van der Waals surface area contributed by atoms with E-state index < -0.39 is 0 Å². The van der Waals surface area contributed by atoms with Crippen LogP contribution in [0.25, 0.3) is 22.1 Å². The Morgan fingerprint density at radius 3 is 2.84 bits per heavy atom. The molecular weight excluding hydrogens is 404 g/mol. The van der Waals surface area contributed by atoms with Crippen molar-refractivity contribution in [1.82, 2.24) is 24.0 Å². The number of hydrogen-bond donors (Lipinski definition) is 2. The van der Waals surface area contributed by atoms with Crippen molar-refractivity contribution in [3.63, 3.8) is 0 Å². The fourth-order valence-electron chi connectivity index (χ4n) is 4.41. The van der Waals surface area contributed by atoms with E-state index in [0.29, 0.717) is 6.54 Å². The summed E-state index contributed by atoms with van der Waals surface area (Å²) in [5, 5.41) is 13.2. The molecule has 32 heavy (non-hydrogen) atoms. The van der Waals surface area contributed by atoms with E-state index >= 15 is 0 Å². The predicted molar refractivity (Wildman–Crippen MR) is 126 cm³/mol. The lowest BCUT2D eigenvalue weighted by Crippen LogP contribution is -2.37. The van der Waals surface area contributed by atoms with Crippen LogP contribution in [0.3, 0.4) is 0 Å². The number of aromatic nitrogens is 4. The fourth-order valence-corrected chi connectivity index (χ4v) is 4.41. The lowest BCUT2D eigenvalue weighted by atomic mass is 10.1. The van der Waals surface area contributed by atoms with Crippen molar-refractivity contribution in [3.8, 4) is 0 Å². The molecule has 3 heterocycles. The van der Waals surface area contributed by atoms with Crippen LogP contribution in [0, 0.1) is 0 Å². The Hall–Kier alpha value is -2.94. The van der Waals surface area contributed by atoms with Crippen molar-refractivity contribution in [3.05, 3.63) is 53.9 Å². The minimum absolute atomic E-state index is 0.0131. The number of morpholine rings is 1. The molecule has 1 fully saturated rings. The van der Waals surface area contributed by atoms with Gasteiger partial charge in [0.2, 0.25) is 5.95 Å². The maximum Gasteiger partial charge on any atom is 0.204 e. The maximum atomic E-state index is 9.65. The van der Waals surface area contributed by atoms with Gasteiger partial charge in [-0.3, -0.25) is 4.90 Å². The molecule has 0 bridgehead atoms. The highest BCUT2D eigenvalue weighted by molar-refractivity contribution is 5.82. The first kappa shape index (κ1) is 20.9. The molecule has 0 spiro atoms. The summed E-state index contributed by atoms with van der Waals surface area (Å²) in [7, 11) is 2.01. The molecule has 1 saturated heterocycles. The second-order valence-electron chi connectivity index (χ2n) is 8.38. The van der Waals surface area contributed by atoms with E-state index in [0.717, 1.165) is 85.0 Å². The number of fused-ring (bicyclic) bond motifs is 2. The second kappa shape index (κ2) is 9.28. The average molecular weight is 435 g/mol. The van der Waals surface area contributed by atoms with Gasteiger partial charge in [0.1, 0.15) is 0 Å². The molecule has 1 aliphatic rings. The van der Waals surface area contributed by atoms with E-state index in [1.165, 1.54) is 0 Å². The summed E-state index contributed by atoms with van der Waals surface area (Å²) in [6.07, 6.45) is 2.90. The summed E-state index contributed by atoms with van der Waals surface area (Å²) in [4.78, 5) is 11.9.